The Kier molecular flexibility index (Phi) is 3.95. The molecule has 1 unspecified atom stereocenters. The van der Waals surface area contributed by atoms with Gasteiger partial charge in [0, 0.05) is 6.04 Å². The van der Waals surface area contributed by atoms with Gasteiger partial charge in [0.1, 0.15) is 6.33 Å². The lowest BCUT2D eigenvalue weighted by Gasteiger charge is -2.11. The summed E-state index contributed by atoms with van der Waals surface area (Å²) >= 11 is 0. The first kappa shape index (κ1) is 12.1. The molecule has 1 rings (SSSR count). The number of aliphatic hydroxyl groups is 1. The van der Waals surface area contributed by atoms with E-state index in [2.05, 4.69) is 15.3 Å². The largest absolute Gasteiger partial charge is 0.476 e. The minimum atomic E-state index is -0.634. The van der Waals surface area contributed by atoms with Crippen LogP contribution in [0.1, 0.15) is 6.92 Å². The van der Waals surface area contributed by atoms with Gasteiger partial charge in [0.05, 0.1) is 18.6 Å². The molecule has 0 aliphatic carbocycles. The summed E-state index contributed by atoms with van der Waals surface area (Å²) in [5, 5.41) is 22.4. The first-order valence-electron chi connectivity index (χ1n) is 4.51. The molecular weight excluding hydrogens is 216 g/mol. The highest BCUT2D eigenvalue weighted by molar-refractivity contribution is 5.61. The summed E-state index contributed by atoms with van der Waals surface area (Å²) < 4.78 is 4.77. The van der Waals surface area contributed by atoms with Crippen molar-refractivity contribution in [1.82, 2.24) is 9.97 Å². The summed E-state index contributed by atoms with van der Waals surface area (Å²) in [4.78, 5) is 17.6. The van der Waals surface area contributed by atoms with Gasteiger partial charge in [-0.2, -0.15) is 4.98 Å². The number of rotatable bonds is 5. The summed E-state index contributed by atoms with van der Waals surface area (Å²) in [5.74, 6) is -0.0916. The molecule has 0 aliphatic heterocycles. The zero-order valence-electron chi connectivity index (χ0n) is 8.88. The van der Waals surface area contributed by atoms with Crippen molar-refractivity contribution < 1.29 is 14.8 Å². The van der Waals surface area contributed by atoms with Crippen LogP contribution < -0.4 is 10.1 Å². The van der Waals surface area contributed by atoms with Crippen LogP contribution in [-0.2, 0) is 0 Å². The Balaban J connectivity index is 3.12. The van der Waals surface area contributed by atoms with Crippen LogP contribution in [0.2, 0.25) is 0 Å². The van der Waals surface area contributed by atoms with Gasteiger partial charge in [0.15, 0.2) is 0 Å². The molecule has 16 heavy (non-hydrogen) atoms. The topological polar surface area (TPSA) is 110 Å². The van der Waals surface area contributed by atoms with Gasteiger partial charge in [0.2, 0.25) is 5.82 Å². The molecule has 1 atom stereocenters. The molecule has 0 aliphatic rings. The summed E-state index contributed by atoms with van der Waals surface area (Å²) in [5.41, 5.74) is -0.342. The molecule has 88 valence electrons. The molecule has 1 aromatic heterocycles. The zero-order chi connectivity index (χ0) is 12.1. The highest BCUT2D eigenvalue weighted by Crippen LogP contribution is 2.30. The fraction of sp³-hybridized carbons (Fsp3) is 0.500. The first-order valence-corrected chi connectivity index (χ1v) is 4.51. The Morgan fingerprint density at radius 1 is 1.69 bits per heavy atom. The smallest absolute Gasteiger partial charge is 0.372 e. The lowest BCUT2D eigenvalue weighted by molar-refractivity contribution is -0.385. The SMILES string of the molecule is COc1ncnc(NC(C)CO)c1[N+](=O)[O-]. The molecule has 0 saturated heterocycles. The van der Waals surface area contributed by atoms with Gasteiger partial charge in [-0.3, -0.25) is 10.1 Å². The van der Waals surface area contributed by atoms with E-state index in [-0.39, 0.29) is 30.0 Å². The van der Waals surface area contributed by atoms with E-state index in [1.807, 2.05) is 0 Å². The quantitative estimate of drug-likeness (QED) is 0.546. The van der Waals surface area contributed by atoms with E-state index >= 15 is 0 Å². The minimum Gasteiger partial charge on any atom is -0.476 e. The van der Waals surface area contributed by atoms with E-state index in [9.17, 15) is 10.1 Å². The third-order valence-corrected chi connectivity index (χ3v) is 1.82. The number of hydrogen-bond acceptors (Lipinski definition) is 7. The predicted octanol–water partition coefficient (Wildman–Crippen LogP) is 0.186. The van der Waals surface area contributed by atoms with Crippen molar-refractivity contribution in [3.8, 4) is 5.88 Å². The maximum Gasteiger partial charge on any atom is 0.372 e. The van der Waals surface area contributed by atoms with Crippen LogP contribution in [0.5, 0.6) is 5.88 Å². The number of nitrogens with zero attached hydrogens (tertiary/aromatic N) is 3. The van der Waals surface area contributed by atoms with Crippen molar-refractivity contribution in [1.29, 1.82) is 0 Å². The van der Waals surface area contributed by atoms with Crippen LogP contribution in [0.25, 0.3) is 0 Å². The summed E-state index contributed by atoms with van der Waals surface area (Å²) in [7, 11) is 1.29. The van der Waals surface area contributed by atoms with Gasteiger partial charge < -0.3 is 15.2 Å². The molecular formula is C8H12N4O4. The lowest BCUT2D eigenvalue weighted by Crippen LogP contribution is -2.21. The highest BCUT2D eigenvalue weighted by Gasteiger charge is 2.24. The van der Waals surface area contributed by atoms with Gasteiger partial charge in [-0.25, -0.2) is 4.98 Å². The molecule has 8 nitrogen and oxygen atoms in total. The van der Waals surface area contributed by atoms with Crippen molar-refractivity contribution in [2.75, 3.05) is 19.0 Å². The number of methoxy groups -OCH3 is 1. The van der Waals surface area contributed by atoms with Crippen molar-refractivity contribution in [2.24, 2.45) is 0 Å². The average molecular weight is 228 g/mol. The van der Waals surface area contributed by atoms with Crippen LogP contribution >= 0.6 is 0 Å². The van der Waals surface area contributed by atoms with Gasteiger partial charge in [-0.1, -0.05) is 0 Å². The Morgan fingerprint density at radius 2 is 2.38 bits per heavy atom. The molecule has 8 heteroatoms. The summed E-state index contributed by atoms with van der Waals surface area (Å²) in [6.07, 6.45) is 1.15. The Bertz CT molecular complexity index is 384. The molecule has 1 heterocycles. The number of ether oxygens (including phenoxy) is 1. The minimum absolute atomic E-state index is 0.0263. The average Bonchev–Trinajstić information content (AvgIpc) is 2.28. The van der Waals surface area contributed by atoms with Gasteiger partial charge >= 0.3 is 5.69 Å². The van der Waals surface area contributed by atoms with Crippen LogP contribution in [0.3, 0.4) is 0 Å². The van der Waals surface area contributed by atoms with Crippen molar-refractivity contribution in [3.05, 3.63) is 16.4 Å². The third kappa shape index (κ3) is 2.54. The van der Waals surface area contributed by atoms with Crippen molar-refractivity contribution in [3.63, 3.8) is 0 Å². The number of aromatic nitrogens is 2. The number of hydrogen-bond donors (Lipinski definition) is 2. The second kappa shape index (κ2) is 5.21. The van der Waals surface area contributed by atoms with Gasteiger partial charge in [0.25, 0.3) is 5.88 Å². The first-order chi connectivity index (χ1) is 7.60. The second-order valence-electron chi connectivity index (χ2n) is 3.07. The fourth-order valence-electron chi connectivity index (χ4n) is 1.06. The van der Waals surface area contributed by atoms with E-state index in [0.29, 0.717) is 0 Å². The molecule has 0 fully saturated rings. The molecule has 0 radical (unpaired) electrons. The summed E-state index contributed by atoms with van der Waals surface area (Å²) in [6, 6.07) is -0.349. The van der Waals surface area contributed by atoms with Crippen LogP contribution in [-0.4, -0.2) is 39.8 Å². The zero-order valence-corrected chi connectivity index (χ0v) is 8.88. The van der Waals surface area contributed by atoms with Crippen LogP contribution in [0.4, 0.5) is 11.5 Å². The van der Waals surface area contributed by atoms with Gasteiger partial charge in [-0.15, -0.1) is 0 Å². The van der Waals surface area contributed by atoms with Gasteiger partial charge in [-0.05, 0) is 6.92 Å². The van der Waals surface area contributed by atoms with Crippen molar-refractivity contribution in [2.45, 2.75) is 13.0 Å². The number of aliphatic hydroxyl groups excluding tert-OH is 1. The van der Waals surface area contributed by atoms with E-state index in [1.165, 1.54) is 7.11 Å². The molecule has 0 aromatic carbocycles. The Morgan fingerprint density at radius 3 is 2.88 bits per heavy atom. The number of anilines is 1. The summed E-state index contributed by atoms with van der Waals surface area (Å²) in [6.45, 7) is 1.50. The lowest BCUT2D eigenvalue weighted by atomic mass is 10.3. The third-order valence-electron chi connectivity index (χ3n) is 1.82. The monoisotopic (exact) mass is 228 g/mol. The molecule has 0 saturated carbocycles. The maximum atomic E-state index is 10.8. The number of nitro groups is 1. The van der Waals surface area contributed by atoms with Crippen LogP contribution in [0.15, 0.2) is 6.33 Å². The Labute approximate surface area is 91.4 Å². The molecule has 0 amide bonds. The molecule has 2 N–H and O–H groups in total. The van der Waals surface area contributed by atoms with E-state index in [0.717, 1.165) is 6.33 Å². The molecule has 0 bridgehead atoms. The standard InChI is InChI=1S/C8H12N4O4/c1-5(3-13)11-7-6(12(14)15)8(16-2)10-4-9-7/h4-5,13H,3H2,1-2H3,(H,9,10,11). The predicted molar refractivity (Wildman–Crippen MR) is 55.4 cm³/mol. The second-order valence-corrected chi connectivity index (χ2v) is 3.07. The molecule has 1 aromatic rings. The maximum absolute atomic E-state index is 10.8. The molecule has 0 spiro atoms. The van der Waals surface area contributed by atoms with E-state index < -0.39 is 4.92 Å². The highest BCUT2D eigenvalue weighted by atomic mass is 16.6. The van der Waals surface area contributed by atoms with Crippen molar-refractivity contribution >= 4 is 11.5 Å². The van der Waals surface area contributed by atoms with E-state index in [1.54, 1.807) is 6.92 Å². The fourth-order valence-corrected chi connectivity index (χ4v) is 1.06. The normalized spacial score (nSPS) is 11.9. The number of nitrogens with one attached hydrogen (secondary N) is 1. The van der Waals surface area contributed by atoms with E-state index in [4.69, 9.17) is 9.84 Å². The Hall–Kier alpha value is -1.96. The van der Waals surface area contributed by atoms with Crippen LogP contribution in [0, 0.1) is 10.1 Å².